The van der Waals surface area contributed by atoms with Crippen LogP contribution in [0.1, 0.15) is 38.6 Å². The van der Waals surface area contributed by atoms with E-state index in [-0.39, 0.29) is 5.69 Å². The number of aryl methyl sites for hydroxylation is 2. The van der Waals surface area contributed by atoms with Gasteiger partial charge in [-0.05, 0) is 25.7 Å². The van der Waals surface area contributed by atoms with Crippen LogP contribution in [0, 0.1) is 12.8 Å². The van der Waals surface area contributed by atoms with E-state index in [1.54, 1.807) is 7.05 Å². The average molecular weight is 252 g/mol. The number of hydrogen-bond acceptors (Lipinski definition) is 3. The van der Waals surface area contributed by atoms with E-state index < -0.39 is 0 Å². The van der Waals surface area contributed by atoms with E-state index in [1.165, 1.54) is 4.68 Å². The van der Waals surface area contributed by atoms with Crippen LogP contribution in [-0.4, -0.2) is 38.9 Å². The lowest BCUT2D eigenvalue weighted by Crippen LogP contribution is -2.39. The van der Waals surface area contributed by atoms with Crippen LogP contribution < -0.4 is 5.69 Å². The zero-order valence-corrected chi connectivity index (χ0v) is 11.9. The number of aromatic nitrogens is 3. The van der Waals surface area contributed by atoms with E-state index in [1.807, 2.05) is 11.5 Å². The lowest BCUT2D eigenvalue weighted by Gasteiger charge is -2.33. The quantitative estimate of drug-likeness (QED) is 0.811. The number of hydrogen-bond donors (Lipinski definition) is 0. The van der Waals surface area contributed by atoms with E-state index in [2.05, 4.69) is 23.8 Å². The molecular formula is C13H24N4O. The molecule has 0 amide bonds. The van der Waals surface area contributed by atoms with Gasteiger partial charge in [0.15, 0.2) is 0 Å². The molecule has 5 nitrogen and oxygen atoms in total. The van der Waals surface area contributed by atoms with Crippen molar-refractivity contribution in [2.24, 2.45) is 13.0 Å². The Labute approximate surface area is 108 Å². The van der Waals surface area contributed by atoms with Crippen molar-refractivity contribution in [2.75, 3.05) is 19.6 Å². The second-order valence-electron chi connectivity index (χ2n) is 5.75. The van der Waals surface area contributed by atoms with Crippen LogP contribution in [0.25, 0.3) is 0 Å². The van der Waals surface area contributed by atoms with Gasteiger partial charge in [0.2, 0.25) is 0 Å². The lowest BCUT2D eigenvalue weighted by atomic mass is 10.0. The Morgan fingerprint density at radius 2 is 1.94 bits per heavy atom. The highest BCUT2D eigenvalue weighted by Crippen LogP contribution is 2.22. The molecule has 1 fully saturated rings. The monoisotopic (exact) mass is 252 g/mol. The molecule has 1 aromatic rings. The largest absolute Gasteiger partial charge is 0.345 e. The van der Waals surface area contributed by atoms with E-state index >= 15 is 0 Å². The molecule has 1 aliphatic heterocycles. The normalized spacial score (nSPS) is 18.7. The molecule has 1 saturated heterocycles. The van der Waals surface area contributed by atoms with Gasteiger partial charge in [0.1, 0.15) is 5.82 Å². The first kappa shape index (κ1) is 13.3. The van der Waals surface area contributed by atoms with Crippen LogP contribution in [-0.2, 0) is 7.05 Å². The average Bonchev–Trinajstić information content (AvgIpc) is 2.54. The van der Waals surface area contributed by atoms with Crippen LogP contribution in [0.4, 0.5) is 0 Å². The molecule has 102 valence electrons. The summed E-state index contributed by atoms with van der Waals surface area (Å²) < 4.78 is 3.31. The molecule has 1 aliphatic rings. The number of likely N-dealkylation sites (tertiary alicyclic amines) is 1. The molecule has 0 aliphatic carbocycles. The molecule has 0 unspecified atom stereocenters. The van der Waals surface area contributed by atoms with Crippen LogP contribution in [0.3, 0.4) is 0 Å². The Balaban J connectivity index is 2.03. The summed E-state index contributed by atoms with van der Waals surface area (Å²) in [6.45, 7) is 9.76. The van der Waals surface area contributed by atoms with E-state index in [4.69, 9.17) is 0 Å². The Kier molecular flexibility index (Phi) is 3.90. The van der Waals surface area contributed by atoms with Crippen molar-refractivity contribution in [1.29, 1.82) is 0 Å². The number of rotatable bonds is 3. The Hall–Kier alpha value is -1.10. The van der Waals surface area contributed by atoms with Gasteiger partial charge in [-0.3, -0.25) is 4.57 Å². The highest BCUT2D eigenvalue weighted by atomic mass is 16.2. The van der Waals surface area contributed by atoms with Gasteiger partial charge < -0.3 is 4.90 Å². The van der Waals surface area contributed by atoms with Gasteiger partial charge in [0, 0.05) is 32.7 Å². The maximum atomic E-state index is 12.0. The third kappa shape index (κ3) is 2.66. The second kappa shape index (κ2) is 5.26. The van der Waals surface area contributed by atoms with Crippen LogP contribution in [0.5, 0.6) is 0 Å². The molecule has 18 heavy (non-hydrogen) atoms. The molecule has 0 N–H and O–H groups in total. The Morgan fingerprint density at radius 3 is 2.39 bits per heavy atom. The first-order valence-electron chi connectivity index (χ1n) is 6.83. The molecule has 0 aromatic carbocycles. The minimum atomic E-state index is 0.0230. The summed E-state index contributed by atoms with van der Waals surface area (Å²) in [6, 6.07) is 0.328. The Bertz CT molecular complexity index is 452. The van der Waals surface area contributed by atoms with Crippen molar-refractivity contribution in [3.8, 4) is 0 Å². The number of piperidine rings is 1. The predicted octanol–water partition coefficient (Wildman–Crippen LogP) is 1.18. The molecule has 0 saturated carbocycles. The summed E-state index contributed by atoms with van der Waals surface area (Å²) >= 11 is 0. The van der Waals surface area contributed by atoms with Gasteiger partial charge in [-0.1, -0.05) is 13.8 Å². The molecule has 2 rings (SSSR count). The molecular weight excluding hydrogens is 228 g/mol. The van der Waals surface area contributed by atoms with Gasteiger partial charge in [-0.25, -0.2) is 9.48 Å². The maximum Gasteiger partial charge on any atom is 0.345 e. The first-order valence-corrected chi connectivity index (χ1v) is 6.83. The first-order chi connectivity index (χ1) is 8.49. The summed E-state index contributed by atoms with van der Waals surface area (Å²) in [7, 11) is 1.72. The summed E-state index contributed by atoms with van der Waals surface area (Å²) in [4.78, 5) is 14.5. The minimum Gasteiger partial charge on any atom is -0.303 e. The van der Waals surface area contributed by atoms with E-state index in [0.29, 0.717) is 12.0 Å². The molecule has 0 bridgehead atoms. The minimum absolute atomic E-state index is 0.0230. The van der Waals surface area contributed by atoms with Gasteiger partial charge in [-0.15, -0.1) is 0 Å². The van der Waals surface area contributed by atoms with Crippen LogP contribution >= 0.6 is 0 Å². The highest BCUT2D eigenvalue weighted by molar-refractivity contribution is 4.90. The fraction of sp³-hybridized carbons (Fsp3) is 0.846. The van der Waals surface area contributed by atoms with Gasteiger partial charge in [0.25, 0.3) is 0 Å². The highest BCUT2D eigenvalue weighted by Gasteiger charge is 2.24. The van der Waals surface area contributed by atoms with Crippen molar-refractivity contribution in [1.82, 2.24) is 19.2 Å². The third-order valence-electron chi connectivity index (χ3n) is 3.67. The van der Waals surface area contributed by atoms with E-state index in [9.17, 15) is 4.79 Å². The van der Waals surface area contributed by atoms with Gasteiger partial charge in [0.05, 0.1) is 0 Å². The molecule has 1 aromatic heterocycles. The third-order valence-corrected chi connectivity index (χ3v) is 3.67. The smallest absolute Gasteiger partial charge is 0.303 e. The van der Waals surface area contributed by atoms with Crippen LogP contribution in [0.15, 0.2) is 4.79 Å². The molecule has 2 heterocycles. The SMILES string of the molecule is Cc1nn(C)c(=O)n1C1CCN(CC(C)C)CC1. The zero-order chi connectivity index (χ0) is 13.3. The standard InChI is InChI=1S/C13H24N4O/c1-10(2)9-16-7-5-12(6-8-16)17-11(3)14-15(4)13(17)18/h10,12H,5-9H2,1-4H3. The molecule has 0 atom stereocenters. The van der Waals surface area contributed by atoms with Gasteiger partial charge in [-0.2, -0.15) is 5.10 Å². The van der Waals surface area contributed by atoms with Crippen LogP contribution in [0.2, 0.25) is 0 Å². The molecule has 5 heteroatoms. The lowest BCUT2D eigenvalue weighted by molar-refractivity contribution is 0.167. The van der Waals surface area contributed by atoms with Crippen molar-refractivity contribution < 1.29 is 0 Å². The topological polar surface area (TPSA) is 43.1 Å². The van der Waals surface area contributed by atoms with Crippen molar-refractivity contribution in [3.63, 3.8) is 0 Å². The zero-order valence-electron chi connectivity index (χ0n) is 11.9. The Morgan fingerprint density at radius 1 is 1.33 bits per heavy atom. The van der Waals surface area contributed by atoms with Gasteiger partial charge >= 0.3 is 5.69 Å². The molecule has 0 radical (unpaired) electrons. The maximum absolute atomic E-state index is 12.0. The summed E-state index contributed by atoms with van der Waals surface area (Å²) in [6.07, 6.45) is 2.11. The fourth-order valence-electron chi connectivity index (χ4n) is 2.90. The van der Waals surface area contributed by atoms with E-state index in [0.717, 1.165) is 38.3 Å². The summed E-state index contributed by atoms with van der Waals surface area (Å²) in [5.41, 5.74) is 0.0230. The molecule has 0 spiro atoms. The summed E-state index contributed by atoms with van der Waals surface area (Å²) in [5, 5.41) is 4.21. The summed E-state index contributed by atoms with van der Waals surface area (Å²) in [5.74, 6) is 1.55. The fourth-order valence-corrected chi connectivity index (χ4v) is 2.90. The number of nitrogens with zero attached hydrogens (tertiary/aromatic N) is 4. The van der Waals surface area contributed by atoms with Crippen molar-refractivity contribution >= 4 is 0 Å². The van der Waals surface area contributed by atoms with Crippen molar-refractivity contribution in [2.45, 2.75) is 39.7 Å². The van der Waals surface area contributed by atoms with Crippen molar-refractivity contribution in [3.05, 3.63) is 16.3 Å². The predicted molar refractivity (Wildman–Crippen MR) is 71.8 cm³/mol. The second-order valence-corrected chi connectivity index (χ2v) is 5.75.